The van der Waals surface area contributed by atoms with Gasteiger partial charge < -0.3 is 9.52 Å². The van der Waals surface area contributed by atoms with Gasteiger partial charge in [-0.15, -0.1) is 0 Å². The minimum atomic E-state index is -1.37. The van der Waals surface area contributed by atoms with Gasteiger partial charge in [0, 0.05) is 26.4 Å². The summed E-state index contributed by atoms with van der Waals surface area (Å²) in [5, 5.41) is 14.7. The molecule has 3 heteroatoms. The van der Waals surface area contributed by atoms with Crippen LogP contribution in [0.4, 0.5) is 0 Å². The molecule has 0 spiro atoms. The van der Waals surface area contributed by atoms with Crippen LogP contribution in [0.15, 0.2) is 130 Å². The normalized spacial score (nSPS) is 13.2. The number of para-hydroxylation sites is 2. The molecule has 0 amide bonds. The smallest absolute Gasteiger partial charge is 0.143 e. The van der Waals surface area contributed by atoms with Gasteiger partial charge in [-0.2, -0.15) is 0 Å². The molecule has 1 N–H and O–H groups in total. The number of hydrogen-bond acceptors (Lipinski definition) is 2. The van der Waals surface area contributed by atoms with E-state index < -0.39 is 5.60 Å². The maximum absolute atomic E-state index is 12.6. The highest BCUT2D eigenvalue weighted by Gasteiger charge is 2.36. The second-order valence-corrected chi connectivity index (χ2v) is 9.33. The van der Waals surface area contributed by atoms with Crippen LogP contribution in [0.5, 0.6) is 0 Å². The molecule has 6 aromatic rings. The molecule has 6 rings (SSSR count). The molecule has 1 aromatic heterocycles. The van der Waals surface area contributed by atoms with Crippen LogP contribution >= 0.6 is 15.9 Å². The molecule has 1 atom stereocenters. The van der Waals surface area contributed by atoms with Crippen LogP contribution in [0, 0.1) is 0 Å². The van der Waals surface area contributed by atoms with Crippen LogP contribution in [-0.4, -0.2) is 5.11 Å². The standard InChI is InChI=1S/C31H21BrO2/c32-23-13-8-12-22(20-23)31(33,21-10-2-1-3-11-21)28-18-6-4-14-24(28)26-16-9-17-27-25-15-5-7-19-29(25)34-30(26)27/h1-20,33H. The average molecular weight is 505 g/mol. The van der Waals surface area contributed by atoms with E-state index in [0.717, 1.165) is 54.2 Å². The highest BCUT2D eigenvalue weighted by Crippen LogP contribution is 2.44. The van der Waals surface area contributed by atoms with Gasteiger partial charge in [-0.05, 0) is 34.9 Å². The molecular weight excluding hydrogens is 484 g/mol. The summed E-state index contributed by atoms with van der Waals surface area (Å²) < 4.78 is 7.26. The molecule has 1 heterocycles. The van der Waals surface area contributed by atoms with Crippen molar-refractivity contribution in [2.24, 2.45) is 0 Å². The Kier molecular flexibility index (Phi) is 5.09. The number of benzene rings is 5. The molecule has 0 radical (unpaired) electrons. The number of furan rings is 1. The maximum atomic E-state index is 12.6. The lowest BCUT2D eigenvalue weighted by atomic mass is 9.77. The third kappa shape index (κ3) is 3.28. The van der Waals surface area contributed by atoms with Crippen molar-refractivity contribution in [2.45, 2.75) is 5.60 Å². The second kappa shape index (κ2) is 8.28. The molecule has 0 bridgehead atoms. The van der Waals surface area contributed by atoms with E-state index >= 15 is 0 Å². The van der Waals surface area contributed by atoms with Gasteiger partial charge in [-0.25, -0.2) is 0 Å². The third-order valence-electron chi connectivity index (χ3n) is 6.45. The Hall–Kier alpha value is -3.66. The van der Waals surface area contributed by atoms with E-state index in [2.05, 4.69) is 46.3 Å². The number of fused-ring (bicyclic) bond motifs is 3. The molecular formula is C31H21BrO2. The second-order valence-electron chi connectivity index (χ2n) is 8.41. The van der Waals surface area contributed by atoms with Crippen molar-refractivity contribution in [1.82, 2.24) is 0 Å². The molecule has 0 saturated heterocycles. The fourth-order valence-electron chi connectivity index (χ4n) is 4.86. The first kappa shape index (κ1) is 20.9. The van der Waals surface area contributed by atoms with Gasteiger partial charge in [0.05, 0.1) is 0 Å². The molecule has 164 valence electrons. The van der Waals surface area contributed by atoms with Gasteiger partial charge in [-0.1, -0.05) is 119 Å². The Bertz CT molecular complexity index is 1630. The predicted octanol–water partition coefficient (Wildman–Crippen LogP) is 8.30. The Morgan fingerprint density at radius 2 is 1.24 bits per heavy atom. The number of aliphatic hydroxyl groups is 1. The first-order chi connectivity index (χ1) is 16.7. The van der Waals surface area contributed by atoms with E-state index in [1.165, 1.54) is 0 Å². The summed E-state index contributed by atoms with van der Waals surface area (Å²) in [6, 6.07) is 40.0. The Morgan fingerprint density at radius 1 is 0.588 bits per heavy atom. The van der Waals surface area contributed by atoms with Gasteiger partial charge >= 0.3 is 0 Å². The van der Waals surface area contributed by atoms with E-state index in [-0.39, 0.29) is 0 Å². The van der Waals surface area contributed by atoms with E-state index in [4.69, 9.17) is 4.42 Å². The lowest BCUT2D eigenvalue weighted by molar-refractivity contribution is 0.126. The van der Waals surface area contributed by atoms with Crippen LogP contribution in [0.2, 0.25) is 0 Å². The van der Waals surface area contributed by atoms with E-state index in [1.807, 2.05) is 91.0 Å². The monoisotopic (exact) mass is 504 g/mol. The highest BCUT2D eigenvalue weighted by atomic mass is 79.9. The fraction of sp³-hybridized carbons (Fsp3) is 0.0323. The number of rotatable bonds is 4. The van der Waals surface area contributed by atoms with Gasteiger partial charge in [0.2, 0.25) is 0 Å². The van der Waals surface area contributed by atoms with Crippen molar-refractivity contribution in [2.75, 3.05) is 0 Å². The van der Waals surface area contributed by atoms with Crippen LogP contribution in [0.25, 0.3) is 33.1 Å². The maximum Gasteiger partial charge on any atom is 0.143 e. The molecule has 5 aromatic carbocycles. The molecule has 2 nitrogen and oxygen atoms in total. The summed E-state index contributed by atoms with van der Waals surface area (Å²) in [4.78, 5) is 0. The summed E-state index contributed by atoms with van der Waals surface area (Å²) in [6.07, 6.45) is 0. The topological polar surface area (TPSA) is 33.4 Å². The first-order valence-electron chi connectivity index (χ1n) is 11.2. The number of halogens is 1. The summed E-state index contributed by atoms with van der Waals surface area (Å²) in [7, 11) is 0. The zero-order chi connectivity index (χ0) is 23.1. The van der Waals surface area contributed by atoms with Crippen LogP contribution < -0.4 is 0 Å². The Labute approximate surface area is 206 Å². The summed E-state index contributed by atoms with van der Waals surface area (Å²) in [5.41, 5.74) is 4.58. The quantitative estimate of drug-likeness (QED) is 0.245. The SMILES string of the molecule is OC(c1ccccc1)(c1cccc(Br)c1)c1ccccc1-c1cccc2c1oc1ccccc12. The predicted molar refractivity (Wildman–Crippen MR) is 142 cm³/mol. The van der Waals surface area contributed by atoms with Gasteiger partial charge in [-0.3, -0.25) is 0 Å². The van der Waals surface area contributed by atoms with Crippen LogP contribution in [0.1, 0.15) is 16.7 Å². The fourth-order valence-corrected chi connectivity index (χ4v) is 5.26. The first-order valence-corrected chi connectivity index (χ1v) is 12.0. The zero-order valence-corrected chi connectivity index (χ0v) is 19.9. The van der Waals surface area contributed by atoms with Crippen LogP contribution in [-0.2, 0) is 5.60 Å². The van der Waals surface area contributed by atoms with Crippen molar-refractivity contribution in [3.8, 4) is 11.1 Å². The molecule has 0 aliphatic rings. The van der Waals surface area contributed by atoms with Crippen molar-refractivity contribution in [3.63, 3.8) is 0 Å². The average Bonchev–Trinajstić information content (AvgIpc) is 3.28. The zero-order valence-electron chi connectivity index (χ0n) is 18.3. The Morgan fingerprint density at radius 3 is 2.09 bits per heavy atom. The Balaban J connectivity index is 1.67. The minimum Gasteiger partial charge on any atom is -0.455 e. The summed E-state index contributed by atoms with van der Waals surface area (Å²) in [6.45, 7) is 0. The molecule has 0 aliphatic carbocycles. The minimum absolute atomic E-state index is 0.789. The third-order valence-corrected chi connectivity index (χ3v) is 6.94. The molecule has 0 aliphatic heterocycles. The summed E-state index contributed by atoms with van der Waals surface area (Å²) >= 11 is 3.59. The van der Waals surface area contributed by atoms with E-state index in [1.54, 1.807) is 0 Å². The van der Waals surface area contributed by atoms with Crippen molar-refractivity contribution in [1.29, 1.82) is 0 Å². The van der Waals surface area contributed by atoms with Crippen molar-refractivity contribution >= 4 is 37.9 Å². The number of hydrogen-bond donors (Lipinski definition) is 1. The van der Waals surface area contributed by atoms with Crippen molar-refractivity contribution in [3.05, 3.63) is 142 Å². The van der Waals surface area contributed by atoms with Gasteiger partial charge in [0.15, 0.2) is 0 Å². The van der Waals surface area contributed by atoms with E-state index in [9.17, 15) is 5.11 Å². The lowest BCUT2D eigenvalue weighted by Crippen LogP contribution is -2.29. The molecule has 0 saturated carbocycles. The highest BCUT2D eigenvalue weighted by molar-refractivity contribution is 9.10. The summed E-state index contributed by atoms with van der Waals surface area (Å²) in [5.74, 6) is 0. The lowest BCUT2D eigenvalue weighted by Gasteiger charge is -2.32. The van der Waals surface area contributed by atoms with Crippen molar-refractivity contribution < 1.29 is 9.52 Å². The molecule has 34 heavy (non-hydrogen) atoms. The van der Waals surface area contributed by atoms with Gasteiger partial charge in [0.1, 0.15) is 16.8 Å². The largest absolute Gasteiger partial charge is 0.455 e. The van der Waals surface area contributed by atoms with Gasteiger partial charge in [0.25, 0.3) is 0 Å². The molecule has 1 unspecified atom stereocenters. The van der Waals surface area contributed by atoms with E-state index in [0.29, 0.717) is 0 Å². The molecule has 0 fully saturated rings. The van der Waals surface area contributed by atoms with Crippen LogP contribution in [0.3, 0.4) is 0 Å².